The normalized spacial score (nSPS) is 21.0. The molecule has 2 saturated carbocycles. The predicted molar refractivity (Wildman–Crippen MR) is 310 cm³/mol. The second-order valence-corrected chi connectivity index (χ2v) is 25.5. The molecule has 19 nitrogen and oxygen atoms in total. The Kier molecular flexibility index (Phi) is 26.7. The molecule has 0 aliphatic heterocycles. The van der Waals surface area contributed by atoms with E-state index in [0.717, 1.165) is 82.6 Å². The number of nitrogens with one attached hydrogen (secondary N) is 4. The highest BCUT2D eigenvalue weighted by molar-refractivity contribution is 7.84. The van der Waals surface area contributed by atoms with Gasteiger partial charge in [0.05, 0.1) is 12.5 Å². The molecule has 2 unspecified atom stereocenters. The van der Waals surface area contributed by atoms with Crippen molar-refractivity contribution in [2.45, 2.75) is 186 Å². The van der Waals surface area contributed by atoms with E-state index >= 15 is 0 Å². The minimum atomic E-state index is -5.60. The number of aliphatic hydroxyl groups is 1. The first-order valence-corrected chi connectivity index (χ1v) is 31.2. The average Bonchev–Trinajstić information content (AvgIpc) is 3.70. The first kappa shape index (κ1) is 69.7. The number of benzene rings is 2. The molecule has 7 amide bonds. The highest BCUT2D eigenvalue weighted by Gasteiger charge is 2.57. The van der Waals surface area contributed by atoms with Crippen molar-refractivity contribution in [2.24, 2.45) is 34.8 Å². The summed E-state index contributed by atoms with van der Waals surface area (Å²) >= 11 is 0. The van der Waals surface area contributed by atoms with Crippen LogP contribution in [-0.4, -0.2) is 142 Å². The first-order valence-electron chi connectivity index (χ1n) is 29.8. The van der Waals surface area contributed by atoms with E-state index in [1.807, 2.05) is 12.1 Å². The number of aliphatic hydroxyl groups excluding tert-OH is 1. The van der Waals surface area contributed by atoms with E-state index in [1.165, 1.54) is 22.4 Å². The van der Waals surface area contributed by atoms with Gasteiger partial charge < -0.3 is 56.5 Å². The summed E-state index contributed by atoms with van der Waals surface area (Å²) in [6, 6.07) is 9.40. The summed E-state index contributed by atoms with van der Waals surface area (Å²) in [5.41, 5.74) is 8.42. The van der Waals surface area contributed by atoms with Crippen molar-refractivity contribution in [3.05, 3.63) is 59.2 Å². The van der Waals surface area contributed by atoms with Crippen LogP contribution in [0.5, 0.6) is 5.75 Å². The summed E-state index contributed by atoms with van der Waals surface area (Å²) in [4.78, 5) is 90.6. The van der Waals surface area contributed by atoms with Crippen LogP contribution in [0.3, 0.4) is 0 Å². The largest absolute Gasteiger partial charge is 0.481 e. The van der Waals surface area contributed by atoms with Gasteiger partial charge >= 0.3 is 36.3 Å². The highest BCUT2D eigenvalue weighted by Crippen LogP contribution is 2.63. The number of alkyl halides is 5. The van der Waals surface area contributed by atoms with Crippen molar-refractivity contribution >= 4 is 58.4 Å². The second kappa shape index (κ2) is 32.6. The standard InChI is InChI=1S/C60H88F5N7O12S/c1-38(2)52(70-49(74)25-26-50(75)76)54(78)69-47(16-13-30-67-55(66)79)53(77)68-42-19-17-39(18-20-42)37-83-56(80)71(4)31-32-72(5)57(81)84-43-21-22-44-41(36-43)35-40(51-45(44)27-29-58(3)46(51)23-24-48(58)73)15-11-9-7-6-8-10-12-33-85(82)34-14-28-59(61,62)60(63,64)65/h17-22,36,38,40,45-48,51-52,73H,6-16,23-35,37H2,1-5H3,(H,68,77)(H,69,78)(H,70,74)(H,75,76)(H3,66,67,79)/t40-,45?,46+,47+,48+,51-,52+,58+,85?/m1/s1. The molecule has 2 aromatic rings. The van der Waals surface area contributed by atoms with Crippen LogP contribution in [0.25, 0.3) is 0 Å². The Bertz CT molecular complexity index is 2600. The zero-order valence-corrected chi connectivity index (χ0v) is 50.4. The van der Waals surface area contributed by atoms with E-state index in [1.54, 1.807) is 45.2 Å². The number of carbonyl (C=O) groups excluding carboxylic acids is 6. The minimum Gasteiger partial charge on any atom is -0.481 e. The van der Waals surface area contributed by atoms with Gasteiger partial charge in [-0.2, -0.15) is 22.0 Å². The number of hydrogen-bond donors (Lipinski definition) is 7. The van der Waals surface area contributed by atoms with Gasteiger partial charge in [-0.15, -0.1) is 0 Å². The molecule has 0 saturated heterocycles. The van der Waals surface area contributed by atoms with Crippen LogP contribution in [-0.2, 0) is 47.7 Å². The predicted octanol–water partition coefficient (Wildman–Crippen LogP) is 9.55. The Morgan fingerprint density at radius 1 is 0.812 bits per heavy atom. The number of primary amides is 1. The summed E-state index contributed by atoms with van der Waals surface area (Å²) in [6.45, 7) is 5.88. The van der Waals surface area contributed by atoms with Crippen molar-refractivity contribution in [3.8, 4) is 5.75 Å². The number of carboxylic acid groups (broad SMARTS) is 1. The van der Waals surface area contributed by atoms with E-state index in [4.69, 9.17) is 20.3 Å². The zero-order valence-electron chi connectivity index (χ0n) is 49.6. The van der Waals surface area contributed by atoms with Crippen LogP contribution >= 0.6 is 0 Å². The molecule has 0 aromatic heterocycles. The van der Waals surface area contributed by atoms with Gasteiger partial charge in [-0.05, 0) is 140 Å². The van der Waals surface area contributed by atoms with E-state index < -0.39 is 102 Å². The van der Waals surface area contributed by atoms with Gasteiger partial charge in [0.15, 0.2) is 0 Å². The highest BCUT2D eigenvalue weighted by atomic mass is 32.2. The molecule has 5 rings (SSSR count). The van der Waals surface area contributed by atoms with Gasteiger partial charge in [0, 0.05) is 74.6 Å². The molecule has 0 heterocycles. The second-order valence-electron chi connectivity index (χ2n) is 23.8. The van der Waals surface area contributed by atoms with Gasteiger partial charge in [0.2, 0.25) is 17.7 Å². The minimum absolute atomic E-state index is 0.0815. The molecular weight excluding hydrogens is 1140 g/mol. The van der Waals surface area contributed by atoms with Crippen molar-refractivity contribution in [2.75, 3.05) is 50.6 Å². The first-order chi connectivity index (χ1) is 40.1. The lowest BCUT2D eigenvalue weighted by Crippen LogP contribution is -2.54. The number of carbonyl (C=O) groups is 7. The Labute approximate surface area is 497 Å². The van der Waals surface area contributed by atoms with E-state index in [2.05, 4.69) is 34.3 Å². The Hall–Kier alpha value is -6.11. The summed E-state index contributed by atoms with van der Waals surface area (Å²) in [5, 5.41) is 30.5. The summed E-state index contributed by atoms with van der Waals surface area (Å²) < 4.78 is 87.3. The monoisotopic (exact) mass is 1230 g/mol. The van der Waals surface area contributed by atoms with Gasteiger partial charge in [-0.3, -0.25) is 23.4 Å². The number of amides is 7. The summed E-state index contributed by atoms with van der Waals surface area (Å²) in [6.07, 6.45) is 2.55. The Balaban J connectivity index is 1.07. The third-order valence-corrected chi connectivity index (χ3v) is 18.7. The lowest BCUT2D eigenvalue weighted by Gasteiger charge is -2.53. The third-order valence-electron chi connectivity index (χ3n) is 17.2. The van der Waals surface area contributed by atoms with E-state index in [9.17, 15) is 64.8 Å². The maximum Gasteiger partial charge on any atom is 0.453 e. The molecule has 2 aromatic carbocycles. The molecule has 476 valence electrons. The maximum absolute atomic E-state index is 13.5. The van der Waals surface area contributed by atoms with Crippen molar-refractivity contribution in [1.29, 1.82) is 0 Å². The van der Waals surface area contributed by atoms with Crippen molar-refractivity contribution < 1.29 is 79.4 Å². The number of nitrogens with two attached hydrogens (primary N) is 1. The molecule has 3 aliphatic carbocycles. The SMILES string of the molecule is CC(C)[C@H](NC(=O)CCC(=O)O)C(=O)N[C@@H](CCCNC(N)=O)C(=O)Nc1ccc(COC(=O)N(C)CCN(C)C(=O)Oc2ccc3c(c2)C[C@@H](CCCCCCCCCS(=O)CCCC(F)(F)C(F)(F)F)[C@@H]2C3CC[C@]3(C)[C@@H](O)CC[C@@H]23)cc1. The number of halogens is 5. The number of ether oxygens (including phenoxy) is 2. The smallest absolute Gasteiger partial charge is 0.453 e. The van der Waals surface area contributed by atoms with Crippen LogP contribution < -0.4 is 31.7 Å². The lowest BCUT2D eigenvalue weighted by atomic mass is 9.52. The molecule has 0 bridgehead atoms. The molecule has 0 spiro atoms. The fourth-order valence-corrected chi connectivity index (χ4v) is 13.4. The molecule has 0 radical (unpaired) electrons. The Morgan fingerprint density at radius 3 is 2.11 bits per heavy atom. The van der Waals surface area contributed by atoms with E-state index in [0.29, 0.717) is 47.1 Å². The van der Waals surface area contributed by atoms with Gasteiger partial charge in [0.1, 0.15) is 24.4 Å². The molecule has 2 fully saturated rings. The number of aliphatic carboxylic acids is 1. The quantitative estimate of drug-likeness (QED) is 0.0260. The van der Waals surface area contributed by atoms with Crippen LogP contribution in [0.2, 0.25) is 0 Å². The number of anilines is 1. The molecular formula is C60H88F5N7O12S. The van der Waals surface area contributed by atoms with Crippen molar-refractivity contribution in [3.63, 3.8) is 0 Å². The summed E-state index contributed by atoms with van der Waals surface area (Å²) in [7, 11) is 1.68. The Morgan fingerprint density at radius 2 is 1.46 bits per heavy atom. The molecule has 9 atom stereocenters. The molecule has 85 heavy (non-hydrogen) atoms. The van der Waals surface area contributed by atoms with E-state index in [-0.39, 0.29) is 68.5 Å². The molecule has 3 aliphatic rings. The fourth-order valence-electron chi connectivity index (χ4n) is 12.2. The lowest BCUT2D eigenvalue weighted by molar-refractivity contribution is -0.284. The number of unbranched alkanes of at least 4 members (excludes halogenated alkanes) is 6. The van der Waals surface area contributed by atoms with Gasteiger partial charge in [0.25, 0.3) is 0 Å². The number of carboxylic acids is 1. The van der Waals surface area contributed by atoms with Crippen LogP contribution in [0.1, 0.15) is 159 Å². The number of fused-ring (bicyclic) bond motifs is 5. The molecule has 25 heteroatoms. The van der Waals surface area contributed by atoms with Gasteiger partial charge in [-0.1, -0.05) is 77.5 Å². The number of nitrogens with zero attached hydrogens (tertiary/aromatic N) is 2. The number of likely N-dealkylation sites (N-methyl/N-ethyl adjacent to an activating group) is 2. The molecule has 8 N–H and O–H groups in total. The maximum atomic E-state index is 13.5. The van der Waals surface area contributed by atoms with Crippen molar-refractivity contribution in [1.82, 2.24) is 25.8 Å². The summed E-state index contributed by atoms with van der Waals surface area (Å²) in [5.74, 6) is -6.19. The number of urea groups is 1. The van der Waals surface area contributed by atoms with Crippen LogP contribution in [0.15, 0.2) is 42.5 Å². The zero-order chi connectivity index (χ0) is 62.6. The van der Waals surface area contributed by atoms with Crippen LogP contribution in [0.4, 0.5) is 42.0 Å². The van der Waals surface area contributed by atoms with Gasteiger partial charge in [-0.25, -0.2) is 14.4 Å². The van der Waals surface area contributed by atoms with Crippen LogP contribution in [0, 0.1) is 29.1 Å². The fraction of sp³-hybridized carbons (Fsp3) is 0.683. The number of hydrogen-bond acceptors (Lipinski definition) is 11. The topological polar surface area (TPSA) is 276 Å². The third kappa shape index (κ3) is 21.1. The average molecular weight is 1230 g/mol. The number of rotatable bonds is 33.